The van der Waals surface area contributed by atoms with Crippen molar-refractivity contribution >= 4 is 45.8 Å². The fourth-order valence-electron chi connectivity index (χ4n) is 9.47. The Balaban J connectivity index is 0.760. The summed E-state index contributed by atoms with van der Waals surface area (Å²) in [6, 6.07) is 20.5. The molecule has 3 aliphatic rings. The Labute approximate surface area is 375 Å². The molecule has 3 amide bonds. The van der Waals surface area contributed by atoms with Crippen LogP contribution in [0.3, 0.4) is 0 Å². The zero-order valence-corrected chi connectivity index (χ0v) is 38.2. The number of aryl methyl sites for hydroxylation is 1. The van der Waals surface area contributed by atoms with Crippen molar-refractivity contribution in [2.45, 2.75) is 103 Å². The van der Waals surface area contributed by atoms with Crippen LogP contribution >= 0.6 is 11.3 Å². The number of anilines is 1. The summed E-state index contributed by atoms with van der Waals surface area (Å²) < 4.78 is 12.1. The molecule has 0 saturated carbocycles. The Hall–Kier alpha value is -5.37. The summed E-state index contributed by atoms with van der Waals surface area (Å²) in [7, 11) is 5.17. The number of piperidine rings is 2. The SMILES string of the molecule is CNCc1ccccc1-c1csc([C@@H](C)Nc2nc(C)nc3cc(OCCCCCCCN4CCC(c5ccc6c(c5)CN(C5CCC(=O)N(C)C5=O)C6=O)CC4)c(OC)cc23)c1. The first-order valence-electron chi connectivity index (χ1n) is 22.7. The predicted molar refractivity (Wildman–Crippen MR) is 249 cm³/mol. The van der Waals surface area contributed by atoms with E-state index in [1.54, 1.807) is 23.3 Å². The molecule has 0 spiro atoms. The number of imide groups is 1. The van der Waals surface area contributed by atoms with Crippen molar-refractivity contribution in [3.63, 3.8) is 0 Å². The van der Waals surface area contributed by atoms with Gasteiger partial charge in [-0.25, -0.2) is 9.97 Å². The fraction of sp³-hybridized carbons (Fsp3) is 0.460. The number of rotatable bonds is 18. The Morgan fingerprint density at radius 3 is 2.51 bits per heavy atom. The number of aromatic nitrogens is 2. The van der Waals surface area contributed by atoms with Crippen LogP contribution in [-0.4, -0.2) is 95.9 Å². The number of nitrogens with one attached hydrogen (secondary N) is 2. The molecule has 2 saturated heterocycles. The van der Waals surface area contributed by atoms with Crippen LogP contribution < -0.4 is 20.1 Å². The number of fused-ring (bicyclic) bond motifs is 2. The van der Waals surface area contributed by atoms with Gasteiger partial charge in [0.15, 0.2) is 11.5 Å². The molecule has 5 heterocycles. The minimum Gasteiger partial charge on any atom is -0.493 e. The van der Waals surface area contributed by atoms with Crippen molar-refractivity contribution in [1.82, 2.24) is 30.0 Å². The van der Waals surface area contributed by atoms with Gasteiger partial charge in [0.25, 0.3) is 11.8 Å². The molecule has 0 aliphatic carbocycles. The van der Waals surface area contributed by atoms with E-state index in [1.165, 1.54) is 58.3 Å². The van der Waals surface area contributed by atoms with E-state index in [0.717, 1.165) is 74.1 Å². The first-order chi connectivity index (χ1) is 30.6. The highest BCUT2D eigenvalue weighted by molar-refractivity contribution is 7.10. The standard InChI is InChI=1S/C50H61N7O5S/c1-32(46-26-38(31-63-46)39-14-10-9-13-36(39)29-51-3)52-48-41-27-44(61-5)45(28-42(41)53-33(2)54-48)62-24-12-8-6-7-11-21-56-22-19-34(20-23-56)35-15-16-40-37(25-35)30-57(49(40)59)43-17-18-47(58)55(4)50(43)60/h9-10,13-16,25-28,31-32,34,43,51H,6-8,11-12,17-24,29-30H2,1-5H3,(H,52,53,54)/t32-,43?/m1/s1. The number of carbonyl (C=O) groups excluding carboxylic acids is 3. The maximum Gasteiger partial charge on any atom is 0.255 e. The lowest BCUT2D eigenvalue weighted by Crippen LogP contribution is -2.53. The normalized spacial score (nSPS) is 17.7. The molecule has 2 fully saturated rings. The van der Waals surface area contributed by atoms with Gasteiger partial charge in [0.1, 0.15) is 17.7 Å². The number of unbranched alkanes of at least 4 members (excludes halogenated alkanes) is 4. The van der Waals surface area contributed by atoms with Gasteiger partial charge in [-0.15, -0.1) is 11.3 Å². The molecular formula is C50H61N7O5S. The van der Waals surface area contributed by atoms with Gasteiger partial charge in [0.2, 0.25) is 5.91 Å². The van der Waals surface area contributed by atoms with E-state index in [4.69, 9.17) is 19.4 Å². The molecule has 12 nitrogen and oxygen atoms in total. The first kappa shape index (κ1) is 44.2. The number of amides is 3. The Morgan fingerprint density at radius 1 is 0.905 bits per heavy atom. The average Bonchev–Trinajstić information content (AvgIpc) is 3.91. The summed E-state index contributed by atoms with van der Waals surface area (Å²) in [5.41, 5.74) is 7.55. The smallest absolute Gasteiger partial charge is 0.255 e. The third kappa shape index (κ3) is 9.90. The van der Waals surface area contributed by atoms with Crippen molar-refractivity contribution < 1.29 is 23.9 Å². The summed E-state index contributed by atoms with van der Waals surface area (Å²) in [4.78, 5) is 54.3. The van der Waals surface area contributed by atoms with Crippen molar-refractivity contribution in [3.8, 4) is 22.6 Å². The van der Waals surface area contributed by atoms with E-state index in [2.05, 4.69) is 70.3 Å². The quantitative estimate of drug-likeness (QED) is 0.0651. The van der Waals surface area contributed by atoms with Gasteiger partial charge >= 0.3 is 0 Å². The second-order valence-electron chi connectivity index (χ2n) is 17.4. The molecule has 5 aromatic rings. The van der Waals surface area contributed by atoms with Crippen molar-refractivity contribution in [1.29, 1.82) is 0 Å². The van der Waals surface area contributed by atoms with E-state index in [0.29, 0.717) is 48.4 Å². The number of thiophene rings is 1. The summed E-state index contributed by atoms with van der Waals surface area (Å²) in [5, 5.41) is 10.1. The molecular weight excluding hydrogens is 811 g/mol. The number of hydrogen-bond acceptors (Lipinski definition) is 11. The highest BCUT2D eigenvalue weighted by Crippen LogP contribution is 2.38. The van der Waals surface area contributed by atoms with Crippen LogP contribution in [-0.2, 0) is 22.7 Å². The van der Waals surface area contributed by atoms with E-state index in [9.17, 15) is 14.4 Å². The number of benzene rings is 3. The molecule has 3 aliphatic heterocycles. The van der Waals surface area contributed by atoms with Crippen LogP contribution in [0.25, 0.3) is 22.0 Å². The molecule has 2 N–H and O–H groups in total. The number of likely N-dealkylation sites (tertiary alicyclic amines) is 2. The monoisotopic (exact) mass is 871 g/mol. The van der Waals surface area contributed by atoms with Crippen LogP contribution in [0, 0.1) is 6.92 Å². The molecule has 2 aromatic heterocycles. The van der Waals surface area contributed by atoms with Crippen LogP contribution in [0.5, 0.6) is 11.5 Å². The predicted octanol–water partition coefficient (Wildman–Crippen LogP) is 8.88. The van der Waals surface area contributed by atoms with Crippen LogP contribution in [0.15, 0.2) is 66.0 Å². The molecule has 3 aromatic carbocycles. The largest absolute Gasteiger partial charge is 0.493 e. The highest BCUT2D eigenvalue weighted by Gasteiger charge is 2.41. The Morgan fingerprint density at radius 2 is 1.70 bits per heavy atom. The molecule has 63 heavy (non-hydrogen) atoms. The lowest BCUT2D eigenvalue weighted by molar-refractivity contribution is -0.150. The maximum absolute atomic E-state index is 13.2. The highest BCUT2D eigenvalue weighted by atomic mass is 32.1. The lowest BCUT2D eigenvalue weighted by Gasteiger charge is -2.33. The molecule has 332 valence electrons. The summed E-state index contributed by atoms with van der Waals surface area (Å²) >= 11 is 1.75. The Bertz CT molecular complexity index is 2450. The number of carbonyl (C=O) groups is 3. The second kappa shape index (κ2) is 20.0. The van der Waals surface area contributed by atoms with E-state index in [1.807, 2.05) is 32.2 Å². The minimum atomic E-state index is -0.565. The van der Waals surface area contributed by atoms with Gasteiger partial charge in [-0.2, -0.15) is 0 Å². The van der Waals surface area contributed by atoms with Gasteiger partial charge in [0.05, 0.1) is 25.3 Å². The fourth-order valence-corrected chi connectivity index (χ4v) is 10.4. The van der Waals surface area contributed by atoms with Crippen LogP contribution in [0.2, 0.25) is 0 Å². The summed E-state index contributed by atoms with van der Waals surface area (Å²) in [6.45, 7) is 9.24. The van der Waals surface area contributed by atoms with Gasteiger partial charge < -0.3 is 29.9 Å². The van der Waals surface area contributed by atoms with Crippen molar-refractivity contribution in [3.05, 3.63) is 99.0 Å². The Kier molecular flexibility index (Phi) is 14.0. The first-order valence-corrected chi connectivity index (χ1v) is 23.5. The molecule has 2 atom stereocenters. The number of methoxy groups -OCH3 is 1. The molecule has 8 rings (SSSR count). The van der Waals surface area contributed by atoms with Gasteiger partial charge in [-0.1, -0.05) is 55.7 Å². The molecule has 0 radical (unpaired) electrons. The van der Waals surface area contributed by atoms with Crippen LogP contribution in [0.1, 0.15) is 114 Å². The van der Waals surface area contributed by atoms with Gasteiger partial charge in [-0.05, 0) is 130 Å². The number of nitrogens with zero attached hydrogens (tertiary/aromatic N) is 5. The second-order valence-corrected chi connectivity index (χ2v) is 18.3. The van der Waals surface area contributed by atoms with Crippen molar-refractivity contribution in [2.75, 3.05) is 52.8 Å². The topological polar surface area (TPSA) is 129 Å². The number of likely N-dealkylation sites (N-methyl/N-ethyl adjacent to an activating group) is 1. The summed E-state index contributed by atoms with van der Waals surface area (Å²) in [6.07, 6.45) is 8.53. The van der Waals surface area contributed by atoms with Crippen molar-refractivity contribution in [2.24, 2.45) is 0 Å². The third-order valence-electron chi connectivity index (χ3n) is 13.1. The zero-order chi connectivity index (χ0) is 44.0. The lowest BCUT2D eigenvalue weighted by atomic mass is 9.88. The summed E-state index contributed by atoms with van der Waals surface area (Å²) in [5.74, 6) is 2.76. The third-order valence-corrected chi connectivity index (χ3v) is 14.2. The number of hydrogen-bond donors (Lipinski definition) is 2. The average molecular weight is 872 g/mol. The zero-order valence-electron chi connectivity index (χ0n) is 37.4. The molecule has 1 unspecified atom stereocenters. The van der Waals surface area contributed by atoms with Crippen LogP contribution in [0.4, 0.5) is 5.82 Å². The minimum absolute atomic E-state index is 0.0387. The van der Waals surface area contributed by atoms with E-state index >= 15 is 0 Å². The van der Waals surface area contributed by atoms with E-state index in [-0.39, 0.29) is 30.2 Å². The maximum atomic E-state index is 13.2. The van der Waals surface area contributed by atoms with Gasteiger partial charge in [0, 0.05) is 48.5 Å². The van der Waals surface area contributed by atoms with E-state index < -0.39 is 6.04 Å². The van der Waals surface area contributed by atoms with Gasteiger partial charge in [-0.3, -0.25) is 19.3 Å². The number of ether oxygens (including phenoxy) is 2. The molecule has 0 bridgehead atoms. The molecule has 13 heteroatoms.